The number of benzene rings is 1. The maximum Gasteiger partial charge on any atom is 0.0445 e. The summed E-state index contributed by atoms with van der Waals surface area (Å²) in [5, 5.41) is 0. The molecule has 0 fully saturated rings. The second-order valence-corrected chi connectivity index (χ2v) is 7.87. The van der Waals surface area contributed by atoms with Crippen LogP contribution in [-0.4, -0.2) is 0 Å². The van der Waals surface area contributed by atoms with E-state index in [9.17, 15) is 0 Å². The molecule has 2 aliphatic carbocycles. The van der Waals surface area contributed by atoms with Crippen LogP contribution in [0.3, 0.4) is 0 Å². The number of hydrogen-bond donors (Lipinski definition) is 0. The Morgan fingerprint density at radius 2 is 1.75 bits per heavy atom. The first kappa shape index (κ1) is 11.1. The van der Waals surface area contributed by atoms with Crippen LogP contribution in [0.4, 0.5) is 0 Å². The molecule has 0 heterocycles. The first-order chi connectivity index (χ1) is 7.68. The predicted octanol–water partition coefficient (Wildman–Crippen LogP) is 4.55. The van der Waals surface area contributed by atoms with E-state index in [-0.39, 0.29) is 0 Å². The molecule has 0 bridgehead atoms. The molecule has 0 nitrogen and oxygen atoms in total. The van der Waals surface area contributed by atoms with Crippen molar-refractivity contribution in [2.24, 2.45) is 0 Å². The van der Waals surface area contributed by atoms with Crippen LogP contribution in [0.5, 0.6) is 0 Å². The minimum Gasteiger partial charge on any atom is -0.0740 e. The van der Waals surface area contributed by atoms with Crippen LogP contribution in [0.25, 0.3) is 0 Å². The van der Waals surface area contributed by atoms with Crippen LogP contribution >= 0.6 is 22.6 Å². The Labute approximate surface area is 112 Å². The number of alkyl halides is 1. The van der Waals surface area contributed by atoms with Crippen molar-refractivity contribution in [3.63, 3.8) is 0 Å². The van der Waals surface area contributed by atoms with Gasteiger partial charge >= 0.3 is 0 Å². The molecular formula is C15H19I. The van der Waals surface area contributed by atoms with E-state index in [0.29, 0.717) is 3.42 Å². The minimum absolute atomic E-state index is 0.387. The monoisotopic (exact) mass is 326 g/mol. The average Bonchev–Trinajstić information content (AvgIpc) is 2.28. The van der Waals surface area contributed by atoms with Crippen molar-refractivity contribution in [1.29, 1.82) is 0 Å². The summed E-state index contributed by atoms with van der Waals surface area (Å²) in [5.74, 6) is 0. The molecule has 1 aromatic rings. The summed E-state index contributed by atoms with van der Waals surface area (Å²) in [7, 11) is 0. The Morgan fingerprint density at radius 1 is 1.00 bits per heavy atom. The molecule has 0 aliphatic heterocycles. The van der Waals surface area contributed by atoms with E-state index in [1.54, 1.807) is 22.3 Å². The fourth-order valence-electron chi connectivity index (χ4n) is 3.41. The Kier molecular flexibility index (Phi) is 2.77. The highest BCUT2D eigenvalue weighted by Crippen LogP contribution is 2.44. The van der Waals surface area contributed by atoms with E-state index in [2.05, 4.69) is 41.6 Å². The molecule has 1 aromatic carbocycles. The number of fused-ring (bicyclic) bond motifs is 3. The van der Waals surface area contributed by atoms with Crippen LogP contribution < -0.4 is 0 Å². The lowest BCUT2D eigenvalue weighted by molar-refractivity contribution is 0.557. The summed E-state index contributed by atoms with van der Waals surface area (Å²) in [5.41, 5.74) is 6.74. The van der Waals surface area contributed by atoms with Crippen LogP contribution in [0.2, 0.25) is 0 Å². The lowest BCUT2D eigenvalue weighted by Crippen LogP contribution is -2.23. The summed E-state index contributed by atoms with van der Waals surface area (Å²) in [6.07, 6.45) is 9.51. The largest absolute Gasteiger partial charge is 0.0740 e. The van der Waals surface area contributed by atoms with Gasteiger partial charge in [-0.2, -0.15) is 0 Å². The number of aryl methyl sites for hydroxylation is 1. The van der Waals surface area contributed by atoms with Crippen molar-refractivity contribution in [3.05, 3.63) is 34.4 Å². The molecule has 2 aliphatic rings. The van der Waals surface area contributed by atoms with Gasteiger partial charge in [0.2, 0.25) is 0 Å². The van der Waals surface area contributed by atoms with Crippen molar-refractivity contribution in [1.82, 2.24) is 0 Å². The topological polar surface area (TPSA) is 0 Å². The van der Waals surface area contributed by atoms with E-state index in [4.69, 9.17) is 0 Å². The molecular weight excluding hydrogens is 307 g/mol. The van der Waals surface area contributed by atoms with Crippen LogP contribution in [0.1, 0.15) is 54.9 Å². The van der Waals surface area contributed by atoms with Crippen molar-refractivity contribution in [3.8, 4) is 0 Å². The third-order valence-electron chi connectivity index (χ3n) is 4.29. The third kappa shape index (κ3) is 1.71. The zero-order valence-electron chi connectivity index (χ0n) is 9.98. The van der Waals surface area contributed by atoms with Crippen molar-refractivity contribution < 1.29 is 0 Å². The van der Waals surface area contributed by atoms with Gasteiger partial charge in [-0.05, 0) is 74.1 Å². The fourth-order valence-corrected chi connectivity index (χ4v) is 4.30. The molecule has 3 rings (SSSR count). The highest BCUT2D eigenvalue weighted by molar-refractivity contribution is 14.1. The van der Waals surface area contributed by atoms with Gasteiger partial charge in [0.15, 0.2) is 0 Å². The van der Waals surface area contributed by atoms with Gasteiger partial charge in [0.25, 0.3) is 0 Å². The zero-order valence-corrected chi connectivity index (χ0v) is 12.1. The summed E-state index contributed by atoms with van der Waals surface area (Å²) < 4.78 is 0.387. The lowest BCUT2D eigenvalue weighted by Gasteiger charge is -2.34. The number of halogens is 1. The van der Waals surface area contributed by atoms with Gasteiger partial charge in [0, 0.05) is 3.42 Å². The van der Waals surface area contributed by atoms with E-state index in [0.717, 1.165) is 0 Å². The molecule has 16 heavy (non-hydrogen) atoms. The fraction of sp³-hybridized carbons (Fsp3) is 0.600. The third-order valence-corrected chi connectivity index (χ3v) is 5.41. The summed E-state index contributed by atoms with van der Waals surface area (Å²) >= 11 is 2.66. The summed E-state index contributed by atoms with van der Waals surface area (Å²) in [4.78, 5) is 0. The maximum absolute atomic E-state index is 2.66. The average molecular weight is 326 g/mol. The van der Waals surface area contributed by atoms with Crippen molar-refractivity contribution in [2.75, 3.05) is 0 Å². The van der Waals surface area contributed by atoms with Gasteiger partial charge in [-0.15, -0.1) is 0 Å². The second-order valence-electron chi connectivity index (χ2n) is 5.49. The Balaban J connectivity index is 2.16. The van der Waals surface area contributed by atoms with E-state index >= 15 is 0 Å². The number of rotatable bonds is 0. The molecule has 0 radical (unpaired) electrons. The Morgan fingerprint density at radius 3 is 2.62 bits per heavy atom. The van der Waals surface area contributed by atoms with Gasteiger partial charge in [0.1, 0.15) is 0 Å². The van der Waals surface area contributed by atoms with Gasteiger partial charge in [-0.1, -0.05) is 34.7 Å². The molecule has 0 spiro atoms. The number of hydrogen-bond acceptors (Lipinski definition) is 0. The van der Waals surface area contributed by atoms with E-state index in [1.807, 2.05) is 0 Å². The molecule has 86 valence electrons. The first-order valence-electron chi connectivity index (χ1n) is 6.51. The standard InChI is InChI=1S/C15H19I/c1-15(16)10-4-7-13-12-6-3-2-5-11(12)8-9-14(13)15/h8-9H,2-7,10H2,1H3. The highest BCUT2D eigenvalue weighted by atomic mass is 127. The molecule has 0 amide bonds. The van der Waals surface area contributed by atoms with Crippen LogP contribution in [0, 0.1) is 0 Å². The molecule has 0 aromatic heterocycles. The van der Waals surface area contributed by atoms with E-state index < -0.39 is 0 Å². The second kappa shape index (κ2) is 4.01. The smallest absolute Gasteiger partial charge is 0.0445 e. The van der Waals surface area contributed by atoms with E-state index in [1.165, 1.54) is 44.9 Å². The van der Waals surface area contributed by atoms with Gasteiger partial charge in [0.05, 0.1) is 0 Å². The predicted molar refractivity (Wildman–Crippen MR) is 77.4 cm³/mol. The van der Waals surface area contributed by atoms with Crippen molar-refractivity contribution >= 4 is 22.6 Å². The van der Waals surface area contributed by atoms with Gasteiger partial charge < -0.3 is 0 Å². The first-order valence-corrected chi connectivity index (χ1v) is 7.59. The van der Waals surface area contributed by atoms with Gasteiger partial charge in [-0.3, -0.25) is 0 Å². The Bertz CT molecular complexity index is 418. The molecule has 1 atom stereocenters. The van der Waals surface area contributed by atoms with Crippen molar-refractivity contribution in [2.45, 2.75) is 55.3 Å². The lowest BCUT2D eigenvalue weighted by atomic mass is 9.77. The Hall–Kier alpha value is -0.0500. The molecule has 0 saturated heterocycles. The van der Waals surface area contributed by atoms with Gasteiger partial charge in [-0.25, -0.2) is 0 Å². The highest BCUT2D eigenvalue weighted by Gasteiger charge is 2.31. The maximum atomic E-state index is 2.66. The SMILES string of the molecule is CC1(I)CCCc2c1ccc1c2CCCC1. The molecule has 0 saturated carbocycles. The quantitative estimate of drug-likeness (QED) is 0.485. The molecule has 0 N–H and O–H groups in total. The molecule has 1 heteroatoms. The molecule has 1 unspecified atom stereocenters. The summed E-state index contributed by atoms with van der Waals surface area (Å²) in [6.45, 7) is 2.40. The van der Waals surface area contributed by atoms with Crippen LogP contribution in [0.15, 0.2) is 12.1 Å². The minimum atomic E-state index is 0.387. The zero-order chi connectivity index (χ0) is 11.2. The normalized spacial score (nSPS) is 28.4. The summed E-state index contributed by atoms with van der Waals surface area (Å²) in [6, 6.07) is 4.83. The van der Waals surface area contributed by atoms with Crippen LogP contribution in [-0.2, 0) is 22.7 Å².